The third-order valence-corrected chi connectivity index (χ3v) is 9.05. The maximum atomic E-state index is 14.5. The van der Waals surface area contributed by atoms with Crippen molar-refractivity contribution in [1.82, 2.24) is 0 Å². The molecule has 1 aliphatic carbocycles. The molecule has 0 unspecified atom stereocenters. The SMILES string of the molecule is CC[C@@H]1C[C@@]2(CC)O/C(=C\C(=O)OC)[C@@]3(CC)OO[C@H]([C@@H](C)OC(=O)[C@](OC)(c4ccccc4)C(F)(F)F)[C@@H]1[C@@H]23. The molecule has 2 saturated heterocycles. The molecule has 1 aromatic carbocycles. The highest BCUT2D eigenvalue weighted by molar-refractivity contribution is 5.83. The van der Waals surface area contributed by atoms with Crippen molar-refractivity contribution in [2.45, 2.75) is 88.6 Å². The second-order valence-corrected chi connectivity index (χ2v) is 10.7. The molecule has 0 amide bonds. The molecule has 8 atom stereocenters. The summed E-state index contributed by atoms with van der Waals surface area (Å²) in [5.74, 6) is -2.47. The van der Waals surface area contributed by atoms with E-state index in [9.17, 15) is 22.8 Å². The topological polar surface area (TPSA) is 89.5 Å². The minimum atomic E-state index is -5.11. The lowest BCUT2D eigenvalue weighted by molar-refractivity contribution is -0.435. The number of carbonyl (C=O) groups is 2. The van der Waals surface area contributed by atoms with Crippen molar-refractivity contribution >= 4 is 11.9 Å². The molecule has 3 fully saturated rings. The van der Waals surface area contributed by atoms with Crippen molar-refractivity contribution in [2.24, 2.45) is 17.8 Å². The van der Waals surface area contributed by atoms with Crippen molar-refractivity contribution in [3.63, 3.8) is 0 Å². The Hall–Kier alpha value is -2.63. The van der Waals surface area contributed by atoms with Gasteiger partial charge in [-0.05, 0) is 32.1 Å². The van der Waals surface area contributed by atoms with Crippen LogP contribution in [0, 0.1) is 17.8 Å². The van der Waals surface area contributed by atoms with Gasteiger partial charge in [0.25, 0.3) is 5.60 Å². The summed E-state index contributed by atoms with van der Waals surface area (Å²) in [5, 5.41) is 0. The Kier molecular flexibility index (Phi) is 8.33. The Morgan fingerprint density at radius 1 is 1.12 bits per heavy atom. The Morgan fingerprint density at radius 2 is 1.80 bits per heavy atom. The summed E-state index contributed by atoms with van der Waals surface area (Å²) in [6.45, 7) is 7.39. The van der Waals surface area contributed by atoms with E-state index in [-0.39, 0.29) is 17.8 Å². The van der Waals surface area contributed by atoms with Gasteiger partial charge in [0.2, 0.25) is 0 Å². The largest absolute Gasteiger partial charge is 0.488 e. The van der Waals surface area contributed by atoms with Crippen LogP contribution in [0.25, 0.3) is 0 Å². The van der Waals surface area contributed by atoms with Gasteiger partial charge in [0, 0.05) is 24.5 Å². The first-order chi connectivity index (χ1) is 18.9. The maximum absolute atomic E-state index is 14.5. The van der Waals surface area contributed by atoms with Crippen LogP contribution in [0.3, 0.4) is 0 Å². The minimum Gasteiger partial charge on any atom is -0.488 e. The number of hydrogen-bond donors (Lipinski definition) is 0. The van der Waals surface area contributed by atoms with Crippen LogP contribution < -0.4 is 0 Å². The van der Waals surface area contributed by atoms with E-state index >= 15 is 0 Å². The predicted octanol–water partition coefficient (Wildman–Crippen LogP) is 5.40. The normalized spacial score (nSPS) is 34.5. The summed E-state index contributed by atoms with van der Waals surface area (Å²) in [4.78, 5) is 37.5. The van der Waals surface area contributed by atoms with E-state index in [1.807, 2.05) is 20.8 Å². The summed E-state index contributed by atoms with van der Waals surface area (Å²) < 4.78 is 65.2. The molecule has 0 radical (unpaired) electrons. The van der Waals surface area contributed by atoms with Gasteiger partial charge in [0.15, 0.2) is 5.60 Å². The maximum Gasteiger partial charge on any atom is 0.432 e. The smallest absolute Gasteiger partial charge is 0.432 e. The number of carbonyl (C=O) groups excluding carboxylic acids is 2. The van der Waals surface area contributed by atoms with Crippen LogP contribution in [0.4, 0.5) is 13.2 Å². The van der Waals surface area contributed by atoms with E-state index in [1.165, 1.54) is 44.4 Å². The van der Waals surface area contributed by atoms with E-state index in [0.717, 1.165) is 13.5 Å². The Balaban J connectivity index is 1.71. The molecule has 3 aliphatic rings. The van der Waals surface area contributed by atoms with Crippen molar-refractivity contribution < 1.29 is 51.5 Å². The number of ether oxygens (including phenoxy) is 4. The first kappa shape index (κ1) is 30.3. The highest BCUT2D eigenvalue weighted by Gasteiger charge is 2.74. The molecule has 11 heteroatoms. The van der Waals surface area contributed by atoms with E-state index in [2.05, 4.69) is 0 Å². The van der Waals surface area contributed by atoms with Gasteiger partial charge in [0.1, 0.15) is 23.6 Å². The molecular formula is C29H37F3O8. The quantitative estimate of drug-likeness (QED) is 0.222. The molecule has 222 valence electrons. The number of methoxy groups -OCH3 is 2. The van der Waals surface area contributed by atoms with Crippen molar-refractivity contribution in [2.75, 3.05) is 14.2 Å². The Labute approximate surface area is 232 Å². The zero-order valence-electron chi connectivity index (χ0n) is 23.6. The van der Waals surface area contributed by atoms with Crippen LogP contribution in [0.1, 0.15) is 58.9 Å². The lowest BCUT2D eigenvalue weighted by atomic mass is 9.68. The molecule has 8 nitrogen and oxygen atoms in total. The van der Waals surface area contributed by atoms with Crippen LogP contribution in [-0.4, -0.2) is 55.7 Å². The Bertz CT molecular complexity index is 1120. The van der Waals surface area contributed by atoms with Crippen LogP contribution in [0.5, 0.6) is 0 Å². The lowest BCUT2D eigenvalue weighted by Crippen LogP contribution is -2.58. The summed E-state index contributed by atoms with van der Waals surface area (Å²) in [6.07, 6.45) is -3.51. The molecule has 0 bridgehead atoms. The predicted molar refractivity (Wildman–Crippen MR) is 135 cm³/mol. The number of hydrogen-bond acceptors (Lipinski definition) is 8. The fourth-order valence-electron chi connectivity index (χ4n) is 7.11. The van der Waals surface area contributed by atoms with Gasteiger partial charge < -0.3 is 18.9 Å². The average Bonchev–Trinajstić information content (AvgIpc) is 3.41. The number of benzene rings is 1. The zero-order valence-corrected chi connectivity index (χ0v) is 23.6. The van der Waals surface area contributed by atoms with Crippen LogP contribution in [0.2, 0.25) is 0 Å². The number of esters is 2. The average molecular weight is 571 g/mol. The Morgan fingerprint density at radius 3 is 2.33 bits per heavy atom. The number of rotatable bonds is 9. The van der Waals surface area contributed by atoms with E-state index in [0.29, 0.717) is 25.0 Å². The van der Waals surface area contributed by atoms with Crippen LogP contribution >= 0.6 is 0 Å². The first-order valence-electron chi connectivity index (χ1n) is 13.6. The monoisotopic (exact) mass is 570 g/mol. The molecule has 0 N–H and O–H groups in total. The lowest BCUT2D eigenvalue weighted by Gasteiger charge is -2.47. The molecule has 1 saturated carbocycles. The van der Waals surface area contributed by atoms with Gasteiger partial charge >= 0.3 is 18.1 Å². The van der Waals surface area contributed by atoms with E-state index in [1.54, 1.807) is 6.07 Å². The molecule has 2 heterocycles. The standard InChI is InChI=1S/C29H37F3O8/c1-7-18-16-26(8-2)24-22(18)23(39-40-27(24,9-3)20(38-26)15-21(33)35-5)17(4)37-25(34)28(36-6,29(30,31)32)19-13-11-10-12-14-19/h10-15,17-18,22-24H,7-9,16H2,1-6H3/b20-15-/t17-,18-,22-,23-,24+,26-,27-,28-/m1/s1. The van der Waals surface area contributed by atoms with Gasteiger partial charge in [-0.1, -0.05) is 57.5 Å². The number of halogens is 3. The zero-order chi connectivity index (χ0) is 29.5. The molecule has 0 aromatic heterocycles. The fraction of sp³-hybridized carbons (Fsp3) is 0.655. The fourth-order valence-corrected chi connectivity index (χ4v) is 7.11. The summed E-state index contributed by atoms with van der Waals surface area (Å²) in [6, 6.07) is 6.66. The second kappa shape index (κ2) is 11.0. The second-order valence-electron chi connectivity index (χ2n) is 10.7. The van der Waals surface area contributed by atoms with E-state index in [4.69, 9.17) is 28.7 Å². The van der Waals surface area contributed by atoms with E-state index < -0.39 is 52.7 Å². The molecule has 0 spiro atoms. The third-order valence-electron chi connectivity index (χ3n) is 9.05. The molecular weight excluding hydrogens is 533 g/mol. The first-order valence-corrected chi connectivity index (χ1v) is 13.6. The summed E-state index contributed by atoms with van der Waals surface area (Å²) in [7, 11) is 2.09. The van der Waals surface area contributed by atoms with Gasteiger partial charge in [-0.25, -0.2) is 19.4 Å². The molecule has 2 aliphatic heterocycles. The highest BCUT2D eigenvalue weighted by atomic mass is 19.4. The van der Waals surface area contributed by atoms with Crippen LogP contribution in [-0.2, 0) is 43.9 Å². The van der Waals surface area contributed by atoms with Gasteiger partial charge in [-0.15, -0.1) is 0 Å². The summed E-state index contributed by atoms with van der Waals surface area (Å²) in [5.41, 5.74) is -5.53. The molecule has 40 heavy (non-hydrogen) atoms. The highest BCUT2D eigenvalue weighted by Crippen LogP contribution is 2.66. The van der Waals surface area contributed by atoms with Gasteiger partial charge in [-0.3, -0.25) is 0 Å². The van der Waals surface area contributed by atoms with Crippen LogP contribution in [0.15, 0.2) is 42.2 Å². The molecule has 1 aromatic rings. The van der Waals surface area contributed by atoms with Crippen molar-refractivity contribution in [1.29, 1.82) is 0 Å². The minimum absolute atomic E-state index is 0.0366. The molecule has 4 rings (SSSR count). The third kappa shape index (κ3) is 4.41. The van der Waals surface area contributed by atoms with Gasteiger partial charge in [-0.2, -0.15) is 13.2 Å². The summed E-state index contributed by atoms with van der Waals surface area (Å²) >= 11 is 0. The van der Waals surface area contributed by atoms with Gasteiger partial charge in [0.05, 0.1) is 13.2 Å². The van der Waals surface area contributed by atoms with Crippen molar-refractivity contribution in [3.05, 3.63) is 47.7 Å². The van der Waals surface area contributed by atoms with Crippen molar-refractivity contribution in [3.8, 4) is 0 Å². The number of alkyl halides is 3.